The molecule has 0 N–H and O–H groups in total. The number of fused-ring (bicyclic) bond motifs is 1. The van der Waals surface area contributed by atoms with Crippen molar-refractivity contribution >= 4 is 29.5 Å². The van der Waals surface area contributed by atoms with Gasteiger partial charge in [-0.15, -0.1) is 0 Å². The predicted molar refractivity (Wildman–Crippen MR) is 85.1 cm³/mol. The van der Waals surface area contributed by atoms with Gasteiger partial charge >= 0.3 is 135 Å². The van der Waals surface area contributed by atoms with Gasteiger partial charge in [0.05, 0.1) is 0 Å². The van der Waals surface area contributed by atoms with Crippen LogP contribution in [0, 0.1) is 11.3 Å². The van der Waals surface area contributed by atoms with E-state index in [9.17, 15) is 0 Å². The van der Waals surface area contributed by atoms with Crippen LogP contribution in [-0.2, 0) is 7.06 Å². The molecule has 2 aliphatic heterocycles. The zero-order valence-corrected chi connectivity index (χ0v) is 15.5. The molecule has 0 aliphatic carbocycles. The summed E-state index contributed by atoms with van der Waals surface area (Å²) in [5, 5.41) is 6.79. The van der Waals surface area contributed by atoms with Crippen molar-refractivity contribution < 1.29 is 7.06 Å². The number of hydrazone groups is 1. The second-order valence-electron chi connectivity index (χ2n) is 7.01. The van der Waals surface area contributed by atoms with Crippen LogP contribution >= 0.6 is 0 Å². The first-order valence-electron chi connectivity index (χ1n) is 7.48. The molecule has 0 amide bonds. The molecule has 3 atom stereocenters. The van der Waals surface area contributed by atoms with Crippen LogP contribution in [0.1, 0.15) is 34.1 Å². The topological polar surface area (TPSA) is 34.1 Å². The van der Waals surface area contributed by atoms with Crippen LogP contribution < -0.4 is 5.01 Å². The summed E-state index contributed by atoms with van der Waals surface area (Å²) in [4.78, 5) is 0. The second-order valence-corrected chi connectivity index (χ2v) is 8.56. The maximum absolute atomic E-state index is 6.05. The van der Waals surface area contributed by atoms with Gasteiger partial charge in [0.15, 0.2) is 0 Å². The zero-order chi connectivity index (χ0) is 15.0. The van der Waals surface area contributed by atoms with Crippen molar-refractivity contribution in [3.05, 3.63) is 30.3 Å². The number of para-hydroxylation sites is 1. The Morgan fingerprint density at radius 3 is 2.57 bits per heavy atom. The van der Waals surface area contributed by atoms with E-state index in [0.29, 0.717) is 0 Å². The van der Waals surface area contributed by atoms with Crippen molar-refractivity contribution in [2.24, 2.45) is 16.4 Å². The summed E-state index contributed by atoms with van der Waals surface area (Å²) in [6.45, 7) is 8.89. The molecule has 0 saturated carbocycles. The SMILES string of the molecule is CC1=NN(c2ccccc2)C2[O][Ga][O]C(CC(C)(C)C)C12. The fraction of sp³-hybridized carbons (Fsp3) is 0.562. The molecule has 3 rings (SSSR count). The summed E-state index contributed by atoms with van der Waals surface area (Å²) in [6.07, 6.45) is 1.31. The Balaban J connectivity index is 1.85. The molecule has 0 spiro atoms. The van der Waals surface area contributed by atoms with Gasteiger partial charge in [-0.3, -0.25) is 0 Å². The summed E-state index contributed by atoms with van der Waals surface area (Å²) < 4.78 is 12.1. The van der Waals surface area contributed by atoms with Gasteiger partial charge in [-0.1, -0.05) is 0 Å². The molecule has 1 fully saturated rings. The third-order valence-corrected chi connectivity index (χ3v) is 5.74. The number of anilines is 1. The van der Waals surface area contributed by atoms with Crippen LogP contribution in [0.4, 0.5) is 5.69 Å². The molecule has 1 radical (unpaired) electrons. The van der Waals surface area contributed by atoms with Crippen molar-refractivity contribution in [3.8, 4) is 0 Å². The van der Waals surface area contributed by atoms with Crippen LogP contribution in [0.3, 0.4) is 0 Å². The summed E-state index contributed by atoms with van der Waals surface area (Å²) in [7, 11) is 0. The molecular weight excluding hydrogens is 322 g/mol. The van der Waals surface area contributed by atoms with E-state index in [1.807, 2.05) is 23.2 Å². The van der Waals surface area contributed by atoms with E-state index in [0.717, 1.165) is 17.8 Å². The minimum atomic E-state index is -1.09. The molecular formula is C16H22GaN2O2. The summed E-state index contributed by atoms with van der Waals surface area (Å²) in [5.41, 5.74) is 2.47. The molecule has 2 heterocycles. The Morgan fingerprint density at radius 2 is 1.90 bits per heavy atom. The monoisotopic (exact) mass is 343 g/mol. The van der Waals surface area contributed by atoms with E-state index in [2.05, 4.69) is 39.8 Å². The molecule has 3 unspecified atom stereocenters. The van der Waals surface area contributed by atoms with E-state index in [1.165, 1.54) is 0 Å². The van der Waals surface area contributed by atoms with E-state index >= 15 is 0 Å². The van der Waals surface area contributed by atoms with Crippen LogP contribution in [0.5, 0.6) is 0 Å². The van der Waals surface area contributed by atoms with Crippen molar-refractivity contribution in [3.63, 3.8) is 0 Å². The molecule has 111 valence electrons. The first kappa shape index (κ1) is 15.2. The van der Waals surface area contributed by atoms with Gasteiger partial charge in [0, 0.05) is 0 Å². The van der Waals surface area contributed by atoms with Crippen LogP contribution in [0.2, 0.25) is 0 Å². The molecule has 0 bridgehead atoms. The van der Waals surface area contributed by atoms with E-state index in [4.69, 9.17) is 12.2 Å². The van der Waals surface area contributed by atoms with Gasteiger partial charge in [-0.25, -0.2) is 0 Å². The van der Waals surface area contributed by atoms with E-state index < -0.39 is 18.1 Å². The van der Waals surface area contributed by atoms with Crippen LogP contribution in [0.15, 0.2) is 35.4 Å². The normalized spacial score (nSPS) is 28.9. The van der Waals surface area contributed by atoms with Gasteiger partial charge in [-0.05, 0) is 0 Å². The Hall–Kier alpha value is -0.754. The van der Waals surface area contributed by atoms with Crippen molar-refractivity contribution in [2.45, 2.75) is 46.4 Å². The van der Waals surface area contributed by atoms with Crippen LogP contribution in [-0.4, -0.2) is 36.2 Å². The molecule has 0 aromatic heterocycles. The second kappa shape index (κ2) is 5.80. The molecule has 1 saturated heterocycles. The number of rotatable bonds is 2. The first-order chi connectivity index (χ1) is 9.96. The zero-order valence-electron chi connectivity index (χ0n) is 13.1. The minimum absolute atomic E-state index is 0.0218. The third kappa shape index (κ3) is 3.21. The average Bonchev–Trinajstić information content (AvgIpc) is 2.77. The Kier molecular flexibility index (Phi) is 4.18. The fourth-order valence-corrected chi connectivity index (χ4v) is 4.88. The predicted octanol–water partition coefficient (Wildman–Crippen LogP) is 3.21. The third-order valence-electron chi connectivity index (χ3n) is 3.96. The Morgan fingerprint density at radius 1 is 1.19 bits per heavy atom. The number of hydrogen-bond acceptors (Lipinski definition) is 4. The number of nitrogens with zero attached hydrogens (tertiary/aromatic N) is 2. The molecule has 21 heavy (non-hydrogen) atoms. The van der Waals surface area contributed by atoms with Crippen molar-refractivity contribution in [2.75, 3.05) is 5.01 Å². The number of benzene rings is 1. The van der Waals surface area contributed by atoms with Gasteiger partial charge in [-0.2, -0.15) is 0 Å². The van der Waals surface area contributed by atoms with Gasteiger partial charge in [0.2, 0.25) is 0 Å². The van der Waals surface area contributed by atoms with Crippen molar-refractivity contribution in [1.82, 2.24) is 0 Å². The van der Waals surface area contributed by atoms with Crippen LogP contribution in [0.25, 0.3) is 0 Å². The summed E-state index contributed by atoms with van der Waals surface area (Å²) in [6, 6.07) is 10.3. The first-order valence-corrected chi connectivity index (χ1v) is 9.45. The maximum atomic E-state index is 6.05. The fourth-order valence-electron chi connectivity index (χ4n) is 3.06. The molecule has 4 nitrogen and oxygen atoms in total. The van der Waals surface area contributed by atoms with Gasteiger partial charge in [0.1, 0.15) is 0 Å². The standard InChI is InChI=1S/C16H22N2O2.Ga/c1-11-14(13(19)10-16(2,3)4)15(20)18(17-11)12-8-6-5-7-9-12;/h5-9,13-15H,10H2,1-4H3;/q-2;+2. The quantitative estimate of drug-likeness (QED) is 0.773. The molecule has 2 aliphatic rings. The van der Waals surface area contributed by atoms with Gasteiger partial charge in [0.25, 0.3) is 0 Å². The van der Waals surface area contributed by atoms with E-state index in [1.54, 1.807) is 0 Å². The van der Waals surface area contributed by atoms with E-state index in [-0.39, 0.29) is 23.7 Å². The average molecular weight is 344 g/mol. The summed E-state index contributed by atoms with van der Waals surface area (Å²) >= 11 is -1.09. The number of hydrogen-bond donors (Lipinski definition) is 0. The Labute approximate surface area is 135 Å². The Bertz CT molecular complexity index is 527. The molecule has 1 aromatic carbocycles. The molecule has 1 aromatic rings. The summed E-state index contributed by atoms with van der Waals surface area (Å²) in [5.74, 6) is 0.246. The van der Waals surface area contributed by atoms with Gasteiger partial charge < -0.3 is 0 Å². The molecule has 5 heteroatoms. The van der Waals surface area contributed by atoms with Crippen molar-refractivity contribution in [1.29, 1.82) is 0 Å².